The van der Waals surface area contributed by atoms with E-state index in [0.717, 1.165) is 35.9 Å². The molecule has 1 unspecified atom stereocenters. The number of amides is 1. The Hall–Kier alpha value is -2.82. The van der Waals surface area contributed by atoms with Crippen LogP contribution in [0.2, 0.25) is 0 Å². The van der Waals surface area contributed by atoms with E-state index in [0.29, 0.717) is 22.5 Å². The summed E-state index contributed by atoms with van der Waals surface area (Å²) in [5.41, 5.74) is 1.56. The molecule has 0 aliphatic carbocycles. The minimum absolute atomic E-state index is 0.0164. The lowest BCUT2D eigenvalue weighted by Crippen LogP contribution is -2.43. The van der Waals surface area contributed by atoms with Gasteiger partial charge in [-0.1, -0.05) is 24.7 Å². The maximum Gasteiger partial charge on any atom is 0.337 e. The molecule has 34 heavy (non-hydrogen) atoms. The number of aryl methyl sites for hydroxylation is 1. The van der Waals surface area contributed by atoms with Crippen molar-refractivity contribution in [1.29, 1.82) is 0 Å². The zero-order valence-corrected chi connectivity index (χ0v) is 21.0. The van der Waals surface area contributed by atoms with E-state index >= 15 is 0 Å². The molecular weight excluding hydrogens is 474 g/mol. The van der Waals surface area contributed by atoms with Gasteiger partial charge in [0.1, 0.15) is 0 Å². The minimum Gasteiger partial charge on any atom is -0.465 e. The molecule has 1 amide bonds. The molecule has 2 heterocycles. The molecule has 1 aromatic heterocycles. The summed E-state index contributed by atoms with van der Waals surface area (Å²) in [5.74, 6) is -0.902. The van der Waals surface area contributed by atoms with E-state index in [1.807, 2.05) is 6.92 Å². The number of nitrogens with zero attached hydrogens (tertiary/aromatic N) is 3. The van der Waals surface area contributed by atoms with Crippen molar-refractivity contribution >= 4 is 43.5 Å². The van der Waals surface area contributed by atoms with E-state index in [-0.39, 0.29) is 10.9 Å². The normalized spacial score (nSPS) is 17.7. The topological polar surface area (TPSA) is 98.0 Å². The molecule has 1 aliphatic heterocycles. The summed E-state index contributed by atoms with van der Waals surface area (Å²) < 4.78 is 35.2. The van der Waals surface area contributed by atoms with Crippen LogP contribution in [0.25, 0.3) is 10.2 Å². The van der Waals surface area contributed by atoms with Crippen LogP contribution in [0.4, 0.5) is 0 Å². The zero-order valence-electron chi connectivity index (χ0n) is 19.4. The first-order valence-electron chi connectivity index (χ1n) is 11.1. The molecule has 3 aromatic rings. The van der Waals surface area contributed by atoms with Crippen LogP contribution >= 0.6 is 11.3 Å². The second kappa shape index (κ2) is 9.81. The maximum atomic E-state index is 13.2. The fourth-order valence-corrected chi connectivity index (χ4v) is 7.06. The summed E-state index contributed by atoms with van der Waals surface area (Å²) >= 11 is 1.28. The van der Waals surface area contributed by atoms with Crippen molar-refractivity contribution in [3.05, 3.63) is 58.4 Å². The Labute approximate surface area is 202 Å². The molecule has 0 N–H and O–H groups in total. The third-order valence-electron chi connectivity index (χ3n) is 6.18. The van der Waals surface area contributed by atoms with Gasteiger partial charge in [-0.05, 0) is 61.7 Å². The number of ether oxygens (including phenoxy) is 1. The average Bonchev–Trinajstić information content (AvgIpc) is 3.17. The lowest BCUT2D eigenvalue weighted by atomic mass is 10.0. The highest BCUT2D eigenvalue weighted by Crippen LogP contribution is 2.27. The average molecular weight is 502 g/mol. The Bertz CT molecular complexity index is 1400. The van der Waals surface area contributed by atoms with Gasteiger partial charge in [-0.25, -0.2) is 13.2 Å². The summed E-state index contributed by atoms with van der Waals surface area (Å²) in [6.07, 6.45) is 3.55. The number of rotatable bonds is 5. The number of sulfonamides is 1. The molecule has 1 fully saturated rings. The van der Waals surface area contributed by atoms with Crippen molar-refractivity contribution in [3.8, 4) is 0 Å². The Morgan fingerprint density at radius 2 is 1.82 bits per heavy atom. The molecular formula is C24H27N3O5S2. The summed E-state index contributed by atoms with van der Waals surface area (Å²) in [6, 6.07) is 11.1. The van der Waals surface area contributed by atoms with Gasteiger partial charge >= 0.3 is 5.97 Å². The molecule has 0 spiro atoms. The molecule has 180 valence electrons. The van der Waals surface area contributed by atoms with Crippen LogP contribution in [0, 0.1) is 0 Å². The highest BCUT2D eigenvalue weighted by molar-refractivity contribution is 7.89. The second-order valence-electron chi connectivity index (χ2n) is 8.23. The van der Waals surface area contributed by atoms with E-state index in [1.54, 1.807) is 34.1 Å². The monoisotopic (exact) mass is 501 g/mol. The van der Waals surface area contributed by atoms with E-state index in [9.17, 15) is 18.0 Å². The number of fused-ring (bicyclic) bond motifs is 1. The molecule has 10 heteroatoms. The summed E-state index contributed by atoms with van der Waals surface area (Å²) in [7, 11) is -0.493. The van der Waals surface area contributed by atoms with Crippen LogP contribution in [0.1, 0.15) is 53.3 Å². The van der Waals surface area contributed by atoms with Gasteiger partial charge < -0.3 is 9.30 Å². The predicted octanol–water partition coefficient (Wildman–Crippen LogP) is 3.72. The number of thiazole rings is 1. The largest absolute Gasteiger partial charge is 0.465 e. The molecule has 1 saturated heterocycles. The van der Waals surface area contributed by atoms with E-state index in [2.05, 4.69) is 4.99 Å². The van der Waals surface area contributed by atoms with Crippen molar-refractivity contribution in [2.24, 2.45) is 12.0 Å². The van der Waals surface area contributed by atoms with E-state index < -0.39 is 21.9 Å². The highest BCUT2D eigenvalue weighted by Gasteiger charge is 2.32. The van der Waals surface area contributed by atoms with Gasteiger partial charge in [0.2, 0.25) is 10.0 Å². The van der Waals surface area contributed by atoms with Gasteiger partial charge in [-0.2, -0.15) is 9.30 Å². The van der Waals surface area contributed by atoms with Crippen LogP contribution in [-0.2, 0) is 21.8 Å². The molecule has 2 aromatic carbocycles. The standard InChI is InChI=1S/C24H27N3O5S2/c1-4-18-7-5-6-14-27(18)34(30,31)19-11-8-16(9-12-19)22(28)25-24-26(2)20-13-10-17(23(29)32-3)15-21(20)33-24/h8-13,15,18H,4-7,14H2,1-3H3. The molecule has 8 nitrogen and oxygen atoms in total. The van der Waals surface area contributed by atoms with Crippen LogP contribution < -0.4 is 4.80 Å². The number of piperidine rings is 1. The third-order valence-corrected chi connectivity index (χ3v) is 9.24. The van der Waals surface area contributed by atoms with Crippen LogP contribution in [-0.4, -0.2) is 48.9 Å². The number of benzene rings is 2. The number of hydrogen-bond donors (Lipinski definition) is 0. The van der Waals surface area contributed by atoms with Crippen LogP contribution in [0.3, 0.4) is 0 Å². The lowest BCUT2D eigenvalue weighted by Gasteiger charge is -2.34. The lowest BCUT2D eigenvalue weighted by molar-refractivity contribution is 0.0600. The highest BCUT2D eigenvalue weighted by atomic mass is 32.2. The molecule has 1 aliphatic rings. The first kappa shape index (κ1) is 24.3. The third kappa shape index (κ3) is 4.57. The zero-order chi connectivity index (χ0) is 24.5. The number of carbonyl (C=O) groups excluding carboxylic acids is 2. The molecule has 1 atom stereocenters. The molecule has 0 bridgehead atoms. The van der Waals surface area contributed by atoms with Crippen molar-refractivity contribution in [3.63, 3.8) is 0 Å². The Morgan fingerprint density at radius 1 is 1.12 bits per heavy atom. The quantitative estimate of drug-likeness (QED) is 0.496. The number of carbonyl (C=O) groups is 2. The fourth-order valence-electron chi connectivity index (χ4n) is 4.24. The number of aromatic nitrogens is 1. The van der Waals surface area contributed by atoms with Gasteiger partial charge in [0, 0.05) is 25.2 Å². The SMILES string of the molecule is CCC1CCCCN1S(=O)(=O)c1ccc(C(=O)N=c2sc3cc(C(=O)OC)ccc3n2C)cc1. The Balaban J connectivity index is 1.61. The molecule has 0 saturated carbocycles. The van der Waals surface area contributed by atoms with Gasteiger partial charge in [0.25, 0.3) is 5.91 Å². The first-order valence-corrected chi connectivity index (χ1v) is 13.4. The fraction of sp³-hybridized carbons (Fsp3) is 0.375. The van der Waals surface area contributed by atoms with E-state index in [4.69, 9.17) is 4.74 Å². The second-order valence-corrected chi connectivity index (χ2v) is 11.1. The maximum absolute atomic E-state index is 13.2. The molecule has 4 rings (SSSR count). The van der Waals surface area contributed by atoms with Crippen LogP contribution in [0.15, 0.2) is 52.4 Å². The number of methoxy groups -OCH3 is 1. The van der Waals surface area contributed by atoms with Gasteiger partial charge in [0.15, 0.2) is 4.80 Å². The van der Waals surface area contributed by atoms with Crippen molar-refractivity contribution < 1.29 is 22.7 Å². The number of esters is 1. The van der Waals surface area contributed by atoms with Crippen molar-refractivity contribution in [1.82, 2.24) is 8.87 Å². The first-order chi connectivity index (χ1) is 16.3. The minimum atomic E-state index is -3.61. The molecule has 0 radical (unpaired) electrons. The predicted molar refractivity (Wildman–Crippen MR) is 130 cm³/mol. The van der Waals surface area contributed by atoms with Gasteiger partial charge in [-0.15, -0.1) is 0 Å². The Morgan fingerprint density at radius 3 is 2.50 bits per heavy atom. The van der Waals surface area contributed by atoms with Gasteiger partial charge in [-0.3, -0.25) is 4.79 Å². The Kier molecular flexibility index (Phi) is 7.01. The van der Waals surface area contributed by atoms with E-state index in [1.165, 1.54) is 42.7 Å². The summed E-state index contributed by atoms with van der Waals surface area (Å²) in [6.45, 7) is 2.53. The van der Waals surface area contributed by atoms with Crippen molar-refractivity contribution in [2.75, 3.05) is 13.7 Å². The smallest absolute Gasteiger partial charge is 0.337 e. The van der Waals surface area contributed by atoms with Crippen molar-refractivity contribution in [2.45, 2.75) is 43.5 Å². The summed E-state index contributed by atoms with van der Waals surface area (Å²) in [4.78, 5) is 29.5. The number of hydrogen-bond acceptors (Lipinski definition) is 6. The van der Waals surface area contributed by atoms with Gasteiger partial charge in [0.05, 0.1) is 27.8 Å². The van der Waals surface area contributed by atoms with Crippen LogP contribution in [0.5, 0.6) is 0 Å². The summed E-state index contributed by atoms with van der Waals surface area (Å²) in [5, 5.41) is 0.